The molecule has 1 unspecified atom stereocenters. The van der Waals surface area contributed by atoms with E-state index >= 15 is 0 Å². The van der Waals surface area contributed by atoms with E-state index in [1.807, 2.05) is 12.1 Å². The fourth-order valence-electron chi connectivity index (χ4n) is 5.32. The van der Waals surface area contributed by atoms with Crippen LogP contribution in [0.1, 0.15) is 35.4 Å². The van der Waals surface area contributed by atoms with Gasteiger partial charge in [-0.25, -0.2) is 0 Å². The number of aryl methyl sites for hydroxylation is 2. The summed E-state index contributed by atoms with van der Waals surface area (Å²) < 4.78 is 5.54. The number of hydrogen-bond donors (Lipinski definition) is 0. The molecule has 1 atom stereocenters. The molecule has 35 heavy (non-hydrogen) atoms. The summed E-state index contributed by atoms with van der Waals surface area (Å²) in [6, 6.07) is 14.6. The van der Waals surface area contributed by atoms with Crippen molar-refractivity contribution >= 4 is 11.6 Å². The third-order valence-corrected chi connectivity index (χ3v) is 7.47. The minimum Gasteiger partial charge on any atom is -0.368 e. The van der Waals surface area contributed by atoms with Gasteiger partial charge in [-0.1, -0.05) is 41.1 Å². The van der Waals surface area contributed by atoms with Crippen molar-refractivity contribution in [2.45, 2.75) is 40.2 Å². The van der Waals surface area contributed by atoms with Gasteiger partial charge in [-0.15, -0.1) is 0 Å². The van der Waals surface area contributed by atoms with Gasteiger partial charge in [0.1, 0.15) is 0 Å². The predicted octanol–water partition coefficient (Wildman–Crippen LogP) is 4.22. The van der Waals surface area contributed by atoms with Gasteiger partial charge >= 0.3 is 0 Å². The first-order chi connectivity index (χ1) is 17.0. The number of anilines is 1. The largest absolute Gasteiger partial charge is 0.368 e. The lowest BCUT2D eigenvalue weighted by atomic mass is 9.96. The fraction of sp³-hybridized carbons (Fsp3) is 0.464. The molecule has 2 saturated heterocycles. The first-order valence-electron chi connectivity index (χ1n) is 12.7. The van der Waals surface area contributed by atoms with E-state index in [4.69, 9.17) is 4.52 Å². The Morgan fingerprint density at radius 3 is 2.63 bits per heavy atom. The zero-order chi connectivity index (χ0) is 24.4. The standard InChI is InChI=1S/C28H35N5O2/c1-20-7-4-9-23(17-20)27-29-26(35-30-27)19-31-12-6-10-24(18-31)28(34)33-15-13-32(14-16-33)25-11-5-8-21(2)22(25)3/h4-5,7-9,11,17,24H,6,10,12-16,18-19H2,1-3H3. The van der Waals surface area contributed by atoms with E-state index in [2.05, 4.69) is 75.9 Å². The molecule has 1 aromatic heterocycles. The summed E-state index contributed by atoms with van der Waals surface area (Å²) in [6.45, 7) is 12.0. The van der Waals surface area contributed by atoms with Crippen molar-refractivity contribution in [3.05, 3.63) is 65.0 Å². The summed E-state index contributed by atoms with van der Waals surface area (Å²) in [6.07, 6.45) is 1.96. The molecule has 2 aromatic carbocycles. The first kappa shape index (κ1) is 23.5. The molecule has 3 heterocycles. The quantitative estimate of drug-likeness (QED) is 0.553. The lowest BCUT2D eigenvalue weighted by molar-refractivity contribution is -0.137. The molecular weight excluding hydrogens is 438 g/mol. The van der Waals surface area contributed by atoms with Gasteiger partial charge in [-0.2, -0.15) is 4.98 Å². The Kier molecular flexibility index (Phi) is 6.86. The molecule has 184 valence electrons. The first-order valence-corrected chi connectivity index (χ1v) is 12.7. The highest BCUT2D eigenvalue weighted by Crippen LogP contribution is 2.26. The molecule has 0 saturated carbocycles. The Balaban J connectivity index is 1.16. The van der Waals surface area contributed by atoms with Crippen LogP contribution in [-0.2, 0) is 11.3 Å². The second-order valence-corrected chi connectivity index (χ2v) is 9.99. The van der Waals surface area contributed by atoms with Gasteiger partial charge in [0, 0.05) is 44.0 Å². The number of carbonyl (C=O) groups excluding carboxylic acids is 1. The second-order valence-electron chi connectivity index (χ2n) is 9.99. The van der Waals surface area contributed by atoms with E-state index in [1.165, 1.54) is 22.4 Å². The molecule has 0 aliphatic carbocycles. The monoisotopic (exact) mass is 473 g/mol. The smallest absolute Gasteiger partial charge is 0.241 e. The number of aromatic nitrogens is 2. The third kappa shape index (κ3) is 5.25. The molecule has 7 nitrogen and oxygen atoms in total. The Morgan fingerprint density at radius 2 is 1.83 bits per heavy atom. The minimum absolute atomic E-state index is 0.0372. The van der Waals surface area contributed by atoms with Gasteiger partial charge in [0.15, 0.2) is 0 Å². The summed E-state index contributed by atoms with van der Waals surface area (Å²) in [7, 11) is 0. The highest BCUT2D eigenvalue weighted by Gasteiger charge is 2.32. The zero-order valence-corrected chi connectivity index (χ0v) is 21.0. The number of benzene rings is 2. The summed E-state index contributed by atoms with van der Waals surface area (Å²) >= 11 is 0. The maximum atomic E-state index is 13.4. The van der Waals surface area contributed by atoms with Gasteiger partial charge in [-0.3, -0.25) is 9.69 Å². The average Bonchev–Trinajstić information content (AvgIpc) is 3.34. The fourth-order valence-corrected chi connectivity index (χ4v) is 5.32. The summed E-state index contributed by atoms with van der Waals surface area (Å²) in [5.74, 6) is 1.56. The molecule has 0 spiro atoms. The van der Waals surface area contributed by atoms with Crippen LogP contribution >= 0.6 is 0 Å². The number of nitrogens with zero attached hydrogens (tertiary/aromatic N) is 5. The van der Waals surface area contributed by atoms with Crippen LogP contribution < -0.4 is 4.90 Å². The average molecular weight is 474 g/mol. The number of amides is 1. The van der Waals surface area contributed by atoms with E-state index in [0.717, 1.165) is 57.7 Å². The molecule has 0 N–H and O–H groups in total. The normalized spacial score (nSPS) is 19.2. The van der Waals surface area contributed by atoms with Crippen LogP contribution in [-0.4, -0.2) is 65.1 Å². The van der Waals surface area contributed by atoms with Crippen molar-refractivity contribution in [2.75, 3.05) is 44.2 Å². The molecule has 7 heteroatoms. The number of carbonyl (C=O) groups is 1. The van der Waals surface area contributed by atoms with Crippen molar-refractivity contribution in [1.29, 1.82) is 0 Å². The minimum atomic E-state index is 0.0372. The predicted molar refractivity (Wildman–Crippen MR) is 137 cm³/mol. The molecule has 5 rings (SSSR count). The highest BCUT2D eigenvalue weighted by molar-refractivity contribution is 5.79. The van der Waals surface area contributed by atoms with E-state index in [9.17, 15) is 4.79 Å². The van der Waals surface area contributed by atoms with Gasteiger partial charge in [0.25, 0.3) is 0 Å². The lowest BCUT2D eigenvalue weighted by Gasteiger charge is -2.40. The molecule has 1 amide bonds. The molecule has 0 radical (unpaired) electrons. The molecule has 2 fully saturated rings. The Bertz CT molecular complexity index is 1180. The number of piperazine rings is 1. The van der Waals surface area contributed by atoms with Crippen molar-refractivity contribution in [2.24, 2.45) is 5.92 Å². The zero-order valence-electron chi connectivity index (χ0n) is 21.0. The topological polar surface area (TPSA) is 65.7 Å². The van der Waals surface area contributed by atoms with Gasteiger partial charge in [-0.05, 0) is 63.4 Å². The van der Waals surface area contributed by atoms with Crippen molar-refractivity contribution in [1.82, 2.24) is 19.9 Å². The van der Waals surface area contributed by atoms with Crippen LogP contribution in [0, 0.1) is 26.7 Å². The van der Waals surface area contributed by atoms with E-state index in [-0.39, 0.29) is 5.92 Å². The van der Waals surface area contributed by atoms with Gasteiger partial charge in [0.2, 0.25) is 17.6 Å². The third-order valence-electron chi connectivity index (χ3n) is 7.47. The maximum absolute atomic E-state index is 13.4. The summed E-state index contributed by atoms with van der Waals surface area (Å²) in [5, 5.41) is 4.17. The summed E-state index contributed by atoms with van der Waals surface area (Å²) in [5.41, 5.74) is 6.08. The van der Waals surface area contributed by atoms with E-state index < -0.39 is 0 Å². The van der Waals surface area contributed by atoms with Crippen LogP contribution in [0.15, 0.2) is 47.0 Å². The number of likely N-dealkylation sites (tertiary alicyclic amines) is 1. The highest BCUT2D eigenvalue weighted by atomic mass is 16.5. The lowest BCUT2D eigenvalue weighted by Crippen LogP contribution is -2.52. The van der Waals surface area contributed by atoms with E-state index in [0.29, 0.717) is 24.2 Å². The molecule has 3 aromatic rings. The van der Waals surface area contributed by atoms with Crippen LogP contribution in [0.2, 0.25) is 0 Å². The number of hydrogen-bond acceptors (Lipinski definition) is 6. The molecule has 2 aliphatic rings. The molecule has 0 bridgehead atoms. The Hall–Kier alpha value is -3.19. The molecule has 2 aliphatic heterocycles. The Labute approximate surface area is 207 Å². The van der Waals surface area contributed by atoms with Crippen LogP contribution in [0.3, 0.4) is 0 Å². The second kappa shape index (κ2) is 10.2. The van der Waals surface area contributed by atoms with Gasteiger partial charge < -0.3 is 14.3 Å². The molecular formula is C28H35N5O2. The number of rotatable bonds is 5. The number of piperidine rings is 1. The SMILES string of the molecule is Cc1cccc(-c2noc(CN3CCCC(C(=O)N4CCN(c5cccc(C)c5C)CC4)C3)n2)c1. The maximum Gasteiger partial charge on any atom is 0.241 e. The van der Waals surface area contributed by atoms with Crippen molar-refractivity contribution in [3.63, 3.8) is 0 Å². The van der Waals surface area contributed by atoms with Crippen LogP contribution in [0.4, 0.5) is 5.69 Å². The van der Waals surface area contributed by atoms with Crippen molar-refractivity contribution < 1.29 is 9.32 Å². The van der Waals surface area contributed by atoms with Crippen LogP contribution in [0.25, 0.3) is 11.4 Å². The van der Waals surface area contributed by atoms with Gasteiger partial charge in [0.05, 0.1) is 12.5 Å². The summed E-state index contributed by atoms with van der Waals surface area (Å²) in [4.78, 5) is 24.7. The van der Waals surface area contributed by atoms with E-state index in [1.54, 1.807) is 0 Å². The van der Waals surface area contributed by atoms with Crippen LogP contribution in [0.5, 0.6) is 0 Å². The van der Waals surface area contributed by atoms with Crippen molar-refractivity contribution in [3.8, 4) is 11.4 Å². The Morgan fingerprint density at radius 1 is 1.03 bits per heavy atom.